The van der Waals surface area contributed by atoms with Crippen LogP contribution in [0.2, 0.25) is 0 Å². The van der Waals surface area contributed by atoms with Crippen LogP contribution in [0.5, 0.6) is 0 Å². The van der Waals surface area contributed by atoms with Gasteiger partial charge in [0, 0.05) is 4.88 Å². The summed E-state index contributed by atoms with van der Waals surface area (Å²) in [4.78, 5) is 13.8. The van der Waals surface area contributed by atoms with E-state index < -0.39 is 0 Å². The summed E-state index contributed by atoms with van der Waals surface area (Å²) in [6.45, 7) is 2.28. The second kappa shape index (κ2) is 4.38. The number of furan rings is 1. The molecule has 0 saturated carbocycles. The Bertz CT molecular complexity index is 660. The van der Waals surface area contributed by atoms with Crippen molar-refractivity contribution in [2.24, 2.45) is 5.92 Å². The van der Waals surface area contributed by atoms with Crippen LogP contribution in [-0.4, -0.2) is 5.91 Å². The van der Waals surface area contributed by atoms with Crippen LogP contribution in [0.4, 0.5) is 5.00 Å². The van der Waals surface area contributed by atoms with E-state index in [4.69, 9.17) is 4.42 Å². The van der Waals surface area contributed by atoms with Crippen LogP contribution in [0.15, 0.2) is 22.8 Å². The van der Waals surface area contributed by atoms with E-state index in [9.17, 15) is 4.79 Å². The van der Waals surface area contributed by atoms with Crippen LogP contribution in [-0.2, 0) is 12.8 Å². The molecule has 20 heavy (non-hydrogen) atoms. The lowest BCUT2D eigenvalue weighted by molar-refractivity contribution is 0.0930. The summed E-state index contributed by atoms with van der Waals surface area (Å²) in [6.07, 6.45) is 4.64. The van der Waals surface area contributed by atoms with Gasteiger partial charge in [-0.3, -0.25) is 4.79 Å². The van der Waals surface area contributed by atoms with Gasteiger partial charge in [-0.15, -0.1) is 11.3 Å². The van der Waals surface area contributed by atoms with E-state index in [1.54, 1.807) is 17.6 Å². The summed E-state index contributed by atoms with van der Waals surface area (Å²) >= 11 is 1.73. The zero-order valence-electron chi connectivity index (χ0n) is 11.2. The van der Waals surface area contributed by atoms with Gasteiger partial charge in [0.05, 0.1) is 11.8 Å². The highest BCUT2D eigenvalue weighted by molar-refractivity contribution is 7.16. The number of carbonyl (C=O) groups excluding carboxylic acids is 1. The minimum absolute atomic E-state index is 0.0206. The molecule has 2 aromatic rings. The van der Waals surface area contributed by atoms with Crippen LogP contribution in [0.1, 0.15) is 46.1 Å². The molecular formula is C15H16N2O2S. The highest BCUT2D eigenvalue weighted by atomic mass is 32.1. The summed E-state index contributed by atoms with van der Waals surface area (Å²) < 4.78 is 5.38. The van der Waals surface area contributed by atoms with Crippen LogP contribution >= 0.6 is 11.3 Å². The first kappa shape index (κ1) is 12.0. The Morgan fingerprint density at radius 3 is 3.10 bits per heavy atom. The van der Waals surface area contributed by atoms with Gasteiger partial charge < -0.3 is 15.1 Å². The van der Waals surface area contributed by atoms with Gasteiger partial charge in [-0.2, -0.15) is 0 Å². The lowest BCUT2D eigenvalue weighted by Gasteiger charge is -2.25. The van der Waals surface area contributed by atoms with Gasteiger partial charge in [0.15, 0.2) is 6.17 Å². The number of rotatable bonds is 1. The largest absolute Gasteiger partial charge is 0.465 e. The summed E-state index contributed by atoms with van der Waals surface area (Å²) in [7, 11) is 0. The van der Waals surface area contributed by atoms with Crippen molar-refractivity contribution in [2.75, 3.05) is 5.32 Å². The first-order chi connectivity index (χ1) is 9.72. The zero-order valence-corrected chi connectivity index (χ0v) is 12.0. The first-order valence-corrected chi connectivity index (χ1v) is 7.79. The molecule has 2 aromatic heterocycles. The third kappa shape index (κ3) is 1.77. The van der Waals surface area contributed by atoms with Crippen molar-refractivity contribution in [2.45, 2.75) is 32.4 Å². The highest BCUT2D eigenvalue weighted by Gasteiger charge is 2.33. The Kier molecular flexibility index (Phi) is 2.63. The van der Waals surface area contributed by atoms with Crippen molar-refractivity contribution < 1.29 is 9.21 Å². The summed E-state index contributed by atoms with van der Waals surface area (Å²) in [5, 5.41) is 7.37. The third-order valence-corrected chi connectivity index (χ3v) is 5.30. The molecule has 2 atom stereocenters. The van der Waals surface area contributed by atoms with Gasteiger partial charge in [0.1, 0.15) is 10.8 Å². The summed E-state index contributed by atoms with van der Waals surface area (Å²) in [5.74, 6) is 1.47. The normalized spacial score (nSPS) is 24.6. The van der Waals surface area contributed by atoms with Crippen molar-refractivity contribution in [1.29, 1.82) is 0 Å². The lowest BCUT2D eigenvalue weighted by Crippen LogP contribution is -2.38. The second-order valence-corrected chi connectivity index (χ2v) is 6.73. The van der Waals surface area contributed by atoms with Crippen molar-refractivity contribution in [3.05, 3.63) is 40.2 Å². The van der Waals surface area contributed by atoms with E-state index in [1.807, 2.05) is 12.1 Å². The minimum atomic E-state index is -0.262. The van der Waals surface area contributed by atoms with Gasteiger partial charge in [-0.05, 0) is 42.9 Å². The van der Waals surface area contributed by atoms with Crippen molar-refractivity contribution >= 4 is 22.2 Å². The number of hydrogen-bond acceptors (Lipinski definition) is 4. The molecule has 4 rings (SSSR count). The van der Waals surface area contributed by atoms with Crippen molar-refractivity contribution in [1.82, 2.24) is 5.32 Å². The number of fused-ring (bicyclic) bond motifs is 3. The van der Waals surface area contributed by atoms with Crippen LogP contribution in [0.3, 0.4) is 0 Å². The third-order valence-electron chi connectivity index (χ3n) is 4.12. The molecule has 2 N–H and O–H groups in total. The molecule has 1 aliphatic heterocycles. The average molecular weight is 288 g/mol. The maximum absolute atomic E-state index is 12.4. The number of hydrogen-bond donors (Lipinski definition) is 2. The molecule has 0 saturated heterocycles. The molecule has 0 bridgehead atoms. The molecule has 104 valence electrons. The monoisotopic (exact) mass is 288 g/mol. The fraction of sp³-hybridized carbons (Fsp3) is 0.400. The average Bonchev–Trinajstić information content (AvgIpc) is 3.04. The smallest absolute Gasteiger partial charge is 0.256 e. The summed E-state index contributed by atoms with van der Waals surface area (Å²) in [5.41, 5.74) is 2.12. The van der Waals surface area contributed by atoms with Gasteiger partial charge in [-0.25, -0.2) is 0 Å². The maximum Gasteiger partial charge on any atom is 0.256 e. The van der Waals surface area contributed by atoms with E-state index in [-0.39, 0.29) is 12.1 Å². The molecule has 1 amide bonds. The molecule has 2 aliphatic rings. The number of amides is 1. The Morgan fingerprint density at radius 2 is 2.30 bits per heavy atom. The summed E-state index contributed by atoms with van der Waals surface area (Å²) in [6, 6.07) is 3.71. The second-order valence-electron chi connectivity index (χ2n) is 5.62. The van der Waals surface area contributed by atoms with Gasteiger partial charge in [-0.1, -0.05) is 6.92 Å². The van der Waals surface area contributed by atoms with Crippen molar-refractivity contribution in [3.63, 3.8) is 0 Å². The maximum atomic E-state index is 12.4. The molecule has 3 heterocycles. The van der Waals surface area contributed by atoms with Crippen LogP contribution in [0, 0.1) is 5.92 Å². The standard InChI is InChI=1S/C15H16N2O2S/c1-8-4-5-9-11(7-8)20-15-12(9)14(18)16-13(17-15)10-3-2-6-19-10/h2-3,6,8,13,17H,4-5,7H2,1H3,(H,16,18)/t8-,13-/m0/s1. The van der Waals surface area contributed by atoms with Gasteiger partial charge >= 0.3 is 0 Å². The van der Waals surface area contributed by atoms with E-state index in [0.29, 0.717) is 5.92 Å². The fourth-order valence-electron chi connectivity index (χ4n) is 3.06. The Balaban J connectivity index is 1.73. The van der Waals surface area contributed by atoms with Crippen LogP contribution < -0.4 is 10.6 Å². The molecule has 0 radical (unpaired) electrons. The number of carbonyl (C=O) groups is 1. The molecular weight excluding hydrogens is 272 g/mol. The Labute approximate surface area is 121 Å². The molecule has 0 spiro atoms. The highest BCUT2D eigenvalue weighted by Crippen LogP contribution is 2.42. The molecule has 4 nitrogen and oxygen atoms in total. The number of thiophene rings is 1. The quantitative estimate of drug-likeness (QED) is 0.846. The topological polar surface area (TPSA) is 54.3 Å². The lowest BCUT2D eigenvalue weighted by atomic mass is 9.88. The van der Waals surface area contributed by atoms with E-state index >= 15 is 0 Å². The molecule has 0 fully saturated rings. The minimum Gasteiger partial charge on any atom is -0.465 e. The van der Waals surface area contributed by atoms with Gasteiger partial charge in [0.2, 0.25) is 0 Å². The SMILES string of the molecule is C[C@H]1CCc2c(sc3c2C(=O)N[C@H](c2ccco2)N3)C1. The van der Waals surface area contributed by atoms with E-state index in [2.05, 4.69) is 17.6 Å². The number of anilines is 1. The Hall–Kier alpha value is -1.75. The predicted molar refractivity (Wildman–Crippen MR) is 78.0 cm³/mol. The predicted octanol–water partition coefficient (Wildman–Crippen LogP) is 3.32. The van der Waals surface area contributed by atoms with E-state index in [1.165, 1.54) is 16.9 Å². The molecule has 1 aliphatic carbocycles. The molecule has 0 unspecified atom stereocenters. The Morgan fingerprint density at radius 1 is 1.40 bits per heavy atom. The van der Waals surface area contributed by atoms with Gasteiger partial charge in [0.25, 0.3) is 5.91 Å². The number of nitrogens with one attached hydrogen (secondary N) is 2. The molecule has 0 aromatic carbocycles. The molecule has 5 heteroatoms. The van der Waals surface area contributed by atoms with Crippen LogP contribution in [0.25, 0.3) is 0 Å². The zero-order chi connectivity index (χ0) is 13.7. The fourth-order valence-corrected chi connectivity index (χ4v) is 4.50. The first-order valence-electron chi connectivity index (χ1n) is 6.97. The van der Waals surface area contributed by atoms with Crippen molar-refractivity contribution in [3.8, 4) is 0 Å². The van der Waals surface area contributed by atoms with E-state index in [0.717, 1.165) is 29.2 Å².